The van der Waals surface area contributed by atoms with Gasteiger partial charge in [-0.1, -0.05) is 29.8 Å². The van der Waals surface area contributed by atoms with Crippen LogP contribution < -0.4 is 5.32 Å². The van der Waals surface area contributed by atoms with E-state index in [2.05, 4.69) is 31.2 Å². The molecule has 0 saturated carbocycles. The van der Waals surface area contributed by atoms with E-state index in [9.17, 15) is 0 Å². The summed E-state index contributed by atoms with van der Waals surface area (Å²) in [5.74, 6) is 1.50. The summed E-state index contributed by atoms with van der Waals surface area (Å²) >= 11 is 9.41. The fourth-order valence-electron chi connectivity index (χ4n) is 1.45. The van der Waals surface area contributed by atoms with Gasteiger partial charge in [-0.05, 0) is 34.5 Å². The van der Waals surface area contributed by atoms with E-state index in [4.69, 9.17) is 11.6 Å². The number of halogens is 2. The van der Waals surface area contributed by atoms with Gasteiger partial charge in [-0.15, -0.1) is 0 Å². The van der Waals surface area contributed by atoms with Crippen molar-refractivity contribution < 1.29 is 0 Å². The molecule has 0 bridgehead atoms. The monoisotopic (exact) mass is 311 g/mol. The van der Waals surface area contributed by atoms with Crippen LogP contribution in [0.5, 0.6) is 0 Å². The van der Waals surface area contributed by atoms with Crippen LogP contribution in [-0.4, -0.2) is 9.97 Å². The predicted octanol–water partition coefficient (Wildman–Crippen LogP) is 3.81. The molecule has 1 N–H and O–H groups in total. The highest BCUT2D eigenvalue weighted by Crippen LogP contribution is 2.17. The van der Waals surface area contributed by atoms with E-state index in [-0.39, 0.29) is 0 Å². The minimum atomic E-state index is 0.641. The van der Waals surface area contributed by atoms with Crippen LogP contribution in [0.4, 0.5) is 5.82 Å². The Bertz CT molecular complexity index is 511. The molecular weight excluding hydrogens is 302 g/mol. The van der Waals surface area contributed by atoms with Crippen LogP contribution in [0, 0.1) is 6.92 Å². The Kier molecular flexibility index (Phi) is 3.97. The van der Waals surface area contributed by atoms with Gasteiger partial charge in [0, 0.05) is 17.6 Å². The number of hydrogen-bond donors (Lipinski definition) is 1. The number of anilines is 1. The van der Waals surface area contributed by atoms with Crippen LogP contribution in [0.1, 0.15) is 11.4 Å². The fourth-order valence-corrected chi connectivity index (χ4v) is 2.13. The van der Waals surface area contributed by atoms with E-state index in [0.29, 0.717) is 6.54 Å². The van der Waals surface area contributed by atoms with Crippen molar-refractivity contribution in [3.63, 3.8) is 0 Å². The molecule has 1 aromatic carbocycles. The number of nitrogens with one attached hydrogen (secondary N) is 1. The van der Waals surface area contributed by atoms with Crippen molar-refractivity contribution in [1.29, 1.82) is 0 Å². The second-order valence-electron chi connectivity index (χ2n) is 3.57. The predicted molar refractivity (Wildman–Crippen MR) is 73.2 cm³/mol. The minimum Gasteiger partial charge on any atom is -0.366 e. The van der Waals surface area contributed by atoms with Crippen LogP contribution in [0.25, 0.3) is 0 Å². The summed E-state index contributed by atoms with van der Waals surface area (Å²) in [6.45, 7) is 2.49. The summed E-state index contributed by atoms with van der Waals surface area (Å²) < 4.78 is 0.770. The zero-order valence-corrected chi connectivity index (χ0v) is 11.6. The average Bonchev–Trinajstić information content (AvgIpc) is 2.27. The molecule has 0 fully saturated rings. The van der Waals surface area contributed by atoms with E-state index in [1.165, 1.54) is 0 Å². The number of aromatic nitrogens is 2. The Morgan fingerprint density at radius 3 is 2.76 bits per heavy atom. The second-order valence-corrected chi connectivity index (χ2v) is 4.79. The second kappa shape index (κ2) is 5.47. The highest BCUT2D eigenvalue weighted by Gasteiger charge is 2.01. The van der Waals surface area contributed by atoms with Gasteiger partial charge in [0.1, 0.15) is 16.2 Å². The molecular formula is C12H11BrClN3. The number of benzene rings is 1. The first kappa shape index (κ1) is 12.3. The lowest BCUT2D eigenvalue weighted by Crippen LogP contribution is -2.03. The molecule has 0 aliphatic carbocycles. The first-order valence-electron chi connectivity index (χ1n) is 5.13. The van der Waals surface area contributed by atoms with Gasteiger partial charge in [-0.2, -0.15) is 0 Å². The number of rotatable bonds is 3. The molecule has 0 saturated heterocycles. The van der Waals surface area contributed by atoms with Crippen LogP contribution in [-0.2, 0) is 6.54 Å². The summed E-state index contributed by atoms with van der Waals surface area (Å²) in [6, 6.07) is 9.57. The molecule has 2 aromatic rings. The summed E-state index contributed by atoms with van der Waals surface area (Å²) in [5, 5.41) is 3.97. The van der Waals surface area contributed by atoms with Crippen molar-refractivity contribution in [2.24, 2.45) is 0 Å². The topological polar surface area (TPSA) is 37.8 Å². The number of hydrogen-bond acceptors (Lipinski definition) is 3. The van der Waals surface area contributed by atoms with Crippen LogP contribution in [0.2, 0.25) is 5.02 Å². The van der Waals surface area contributed by atoms with Crippen LogP contribution in [0.3, 0.4) is 0 Å². The molecule has 1 aromatic heterocycles. The maximum Gasteiger partial charge on any atom is 0.131 e. The molecule has 1 heterocycles. The van der Waals surface area contributed by atoms with E-state index in [1.807, 2.05) is 37.3 Å². The molecule has 0 aliphatic heterocycles. The summed E-state index contributed by atoms with van der Waals surface area (Å²) in [5.41, 5.74) is 1.04. The molecule has 0 atom stereocenters. The van der Waals surface area contributed by atoms with E-state index in [1.54, 1.807) is 0 Å². The highest BCUT2D eigenvalue weighted by molar-refractivity contribution is 9.10. The van der Waals surface area contributed by atoms with Gasteiger partial charge in [0.15, 0.2) is 0 Å². The summed E-state index contributed by atoms with van der Waals surface area (Å²) in [4.78, 5) is 8.43. The molecule has 0 amide bonds. The molecule has 0 spiro atoms. The maximum absolute atomic E-state index is 6.07. The van der Waals surface area contributed by atoms with Crippen molar-refractivity contribution in [1.82, 2.24) is 9.97 Å². The Labute approximate surface area is 113 Å². The van der Waals surface area contributed by atoms with Gasteiger partial charge in [0.05, 0.1) is 0 Å². The highest BCUT2D eigenvalue weighted by atomic mass is 79.9. The first-order valence-corrected chi connectivity index (χ1v) is 6.31. The zero-order chi connectivity index (χ0) is 12.3. The molecule has 88 valence electrons. The van der Waals surface area contributed by atoms with Gasteiger partial charge in [0.25, 0.3) is 0 Å². The lowest BCUT2D eigenvalue weighted by atomic mass is 10.2. The van der Waals surface area contributed by atoms with Crippen molar-refractivity contribution in [3.05, 3.63) is 51.3 Å². The van der Waals surface area contributed by atoms with Crippen LogP contribution >= 0.6 is 27.5 Å². The first-order chi connectivity index (χ1) is 8.15. The average molecular weight is 313 g/mol. The van der Waals surface area contributed by atoms with Crippen molar-refractivity contribution >= 4 is 33.3 Å². The van der Waals surface area contributed by atoms with Gasteiger partial charge in [-0.3, -0.25) is 0 Å². The molecule has 0 aliphatic rings. The maximum atomic E-state index is 6.07. The smallest absolute Gasteiger partial charge is 0.131 e. The van der Waals surface area contributed by atoms with Crippen LogP contribution in [0.15, 0.2) is 34.9 Å². The third kappa shape index (κ3) is 3.41. The van der Waals surface area contributed by atoms with Crippen molar-refractivity contribution in [3.8, 4) is 0 Å². The minimum absolute atomic E-state index is 0.641. The quantitative estimate of drug-likeness (QED) is 0.876. The lowest BCUT2D eigenvalue weighted by Gasteiger charge is -2.08. The third-order valence-electron chi connectivity index (χ3n) is 2.22. The van der Waals surface area contributed by atoms with Gasteiger partial charge >= 0.3 is 0 Å². The Morgan fingerprint density at radius 2 is 2.06 bits per heavy atom. The Morgan fingerprint density at radius 1 is 1.29 bits per heavy atom. The SMILES string of the molecule is Cc1nc(Br)cc(NCc2ccccc2Cl)n1. The Hall–Kier alpha value is -1.13. The molecule has 3 nitrogen and oxygen atoms in total. The molecule has 2 rings (SSSR count). The summed E-state index contributed by atoms with van der Waals surface area (Å²) in [6.07, 6.45) is 0. The van der Waals surface area contributed by atoms with E-state index in [0.717, 1.165) is 26.8 Å². The lowest BCUT2D eigenvalue weighted by molar-refractivity contribution is 1.01. The normalized spacial score (nSPS) is 10.3. The number of aryl methyl sites for hydroxylation is 1. The summed E-state index contributed by atoms with van der Waals surface area (Å²) in [7, 11) is 0. The van der Waals surface area contributed by atoms with Crippen molar-refractivity contribution in [2.45, 2.75) is 13.5 Å². The fraction of sp³-hybridized carbons (Fsp3) is 0.167. The molecule has 5 heteroatoms. The molecule has 0 radical (unpaired) electrons. The molecule has 0 unspecified atom stereocenters. The van der Waals surface area contributed by atoms with Gasteiger partial charge in [0.2, 0.25) is 0 Å². The van der Waals surface area contributed by atoms with E-state index < -0.39 is 0 Å². The molecule has 17 heavy (non-hydrogen) atoms. The largest absolute Gasteiger partial charge is 0.366 e. The van der Waals surface area contributed by atoms with Gasteiger partial charge in [-0.25, -0.2) is 9.97 Å². The van der Waals surface area contributed by atoms with E-state index >= 15 is 0 Å². The standard InChI is InChI=1S/C12H11BrClN3/c1-8-16-11(13)6-12(17-8)15-7-9-4-2-3-5-10(9)14/h2-6H,7H2,1H3,(H,15,16,17). The Balaban J connectivity index is 2.10. The number of nitrogens with zero attached hydrogens (tertiary/aromatic N) is 2. The zero-order valence-electron chi connectivity index (χ0n) is 9.24. The third-order valence-corrected chi connectivity index (χ3v) is 3.00. The van der Waals surface area contributed by atoms with Gasteiger partial charge < -0.3 is 5.32 Å². The van der Waals surface area contributed by atoms with Crippen molar-refractivity contribution in [2.75, 3.05) is 5.32 Å².